The van der Waals surface area contributed by atoms with Gasteiger partial charge in [0.2, 0.25) is 0 Å². The number of hydrogen-bond donors (Lipinski definition) is 2. The van der Waals surface area contributed by atoms with Crippen LogP contribution >= 0.6 is 0 Å². The van der Waals surface area contributed by atoms with Crippen LogP contribution in [0.25, 0.3) is 0 Å². The smallest absolute Gasteiger partial charge is 0.307 e. The molecule has 0 aromatic carbocycles. The van der Waals surface area contributed by atoms with Crippen LogP contribution < -0.4 is 0 Å². The highest BCUT2D eigenvalue weighted by atomic mass is 16.4. The molecule has 8 atom stereocenters. The summed E-state index contributed by atoms with van der Waals surface area (Å²) < 4.78 is 0. The summed E-state index contributed by atoms with van der Waals surface area (Å²) in [6.45, 7) is 4.77. The number of carboxylic acid groups (broad SMARTS) is 1. The molecular formula is C20H32O3. The van der Waals surface area contributed by atoms with Crippen molar-refractivity contribution in [2.24, 2.45) is 40.4 Å². The Balaban J connectivity index is 1.61. The molecule has 3 heteroatoms. The van der Waals surface area contributed by atoms with Crippen molar-refractivity contribution in [3.05, 3.63) is 0 Å². The fourth-order valence-electron chi connectivity index (χ4n) is 7.64. The lowest BCUT2D eigenvalue weighted by Crippen LogP contribution is -2.54. The van der Waals surface area contributed by atoms with E-state index in [1.54, 1.807) is 0 Å². The number of aliphatic carboxylic acids is 1. The number of rotatable bonds is 1. The lowest BCUT2D eigenvalue weighted by atomic mass is 9.44. The Morgan fingerprint density at radius 1 is 0.913 bits per heavy atom. The highest BCUT2D eigenvalue weighted by Gasteiger charge is 2.61. The maximum Gasteiger partial charge on any atom is 0.307 e. The topological polar surface area (TPSA) is 57.5 Å². The van der Waals surface area contributed by atoms with Gasteiger partial charge >= 0.3 is 5.97 Å². The zero-order valence-electron chi connectivity index (χ0n) is 14.6. The second-order valence-electron chi connectivity index (χ2n) is 9.60. The molecule has 0 heterocycles. The van der Waals surface area contributed by atoms with E-state index in [1.165, 1.54) is 25.7 Å². The number of fused-ring (bicyclic) bond motifs is 5. The lowest BCUT2D eigenvalue weighted by Gasteiger charge is -2.60. The molecule has 23 heavy (non-hydrogen) atoms. The molecule has 0 aromatic heterocycles. The van der Waals surface area contributed by atoms with Crippen LogP contribution in [0.1, 0.15) is 71.6 Å². The Morgan fingerprint density at radius 2 is 1.61 bits per heavy atom. The quantitative estimate of drug-likeness (QED) is 0.765. The summed E-state index contributed by atoms with van der Waals surface area (Å²) in [5.41, 5.74) is 0.426. The van der Waals surface area contributed by atoms with Crippen molar-refractivity contribution >= 4 is 5.97 Å². The number of aliphatic hydroxyl groups is 1. The van der Waals surface area contributed by atoms with Crippen molar-refractivity contribution in [2.45, 2.75) is 77.7 Å². The molecule has 4 rings (SSSR count). The minimum absolute atomic E-state index is 0.0321. The third-order valence-corrected chi connectivity index (χ3v) is 8.94. The second-order valence-corrected chi connectivity index (χ2v) is 9.60. The van der Waals surface area contributed by atoms with Gasteiger partial charge in [0.05, 0.1) is 12.0 Å². The number of aliphatic hydroxyl groups excluding tert-OH is 1. The molecule has 0 aromatic rings. The average molecular weight is 320 g/mol. The molecule has 130 valence electrons. The number of carbonyl (C=O) groups is 1. The Labute approximate surface area is 139 Å². The standard InChI is InChI=1S/C20H32O3/c1-19-9-7-13(21)11-12(19)3-4-14-15-5-6-17(18(22)23)20(15,2)10-8-16(14)19/h12-17,21H,3-11H2,1-2H3,(H,22,23)/t12-,13+,14-,15+,16-,17+,19+,20+/m0/s1. The first-order chi connectivity index (χ1) is 10.9. The van der Waals surface area contributed by atoms with Gasteiger partial charge in [-0.2, -0.15) is 0 Å². The molecule has 2 N–H and O–H groups in total. The van der Waals surface area contributed by atoms with Gasteiger partial charge in [0.1, 0.15) is 0 Å². The first-order valence-electron chi connectivity index (χ1n) is 9.77. The van der Waals surface area contributed by atoms with Gasteiger partial charge < -0.3 is 10.2 Å². The Bertz CT molecular complexity index is 503. The molecule has 4 aliphatic rings. The van der Waals surface area contributed by atoms with Crippen LogP contribution in [-0.2, 0) is 4.79 Å². The van der Waals surface area contributed by atoms with Crippen molar-refractivity contribution in [1.82, 2.24) is 0 Å². The van der Waals surface area contributed by atoms with E-state index in [9.17, 15) is 15.0 Å². The predicted molar refractivity (Wildman–Crippen MR) is 88.9 cm³/mol. The van der Waals surface area contributed by atoms with E-state index in [1.807, 2.05) is 0 Å². The van der Waals surface area contributed by atoms with Gasteiger partial charge in [0.25, 0.3) is 0 Å². The van der Waals surface area contributed by atoms with Gasteiger partial charge in [-0.1, -0.05) is 13.8 Å². The minimum atomic E-state index is -0.561. The number of carboxylic acids is 1. The molecule has 0 radical (unpaired) electrons. The summed E-state index contributed by atoms with van der Waals surface area (Å²) in [4.78, 5) is 11.7. The molecule has 0 saturated heterocycles. The van der Waals surface area contributed by atoms with E-state index >= 15 is 0 Å². The summed E-state index contributed by atoms with van der Waals surface area (Å²) in [7, 11) is 0. The van der Waals surface area contributed by atoms with Crippen molar-refractivity contribution in [1.29, 1.82) is 0 Å². The molecule has 4 fully saturated rings. The maximum absolute atomic E-state index is 11.7. The van der Waals surface area contributed by atoms with Crippen molar-refractivity contribution in [3.63, 3.8) is 0 Å². The van der Waals surface area contributed by atoms with Gasteiger partial charge in [0, 0.05) is 0 Å². The first-order valence-corrected chi connectivity index (χ1v) is 9.77. The summed E-state index contributed by atoms with van der Waals surface area (Å²) in [5, 5.41) is 19.7. The van der Waals surface area contributed by atoms with Gasteiger partial charge in [0.15, 0.2) is 0 Å². The lowest BCUT2D eigenvalue weighted by molar-refractivity contribution is -0.154. The van der Waals surface area contributed by atoms with E-state index < -0.39 is 5.97 Å². The van der Waals surface area contributed by atoms with Gasteiger partial charge in [-0.25, -0.2) is 0 Å². The average Bonchev–Trinajstić information content (AvgIpc) is 2.85. The van der Waals surface area contributed by atoms with Gasteiger partial charge in [-0.3, -0.25) is 4.79 Å². The minimum Gasteiger partial charge on any atom is -0.481 e. The highest BCUT2D eigenvalue weighted by molar-refractivity contribution is 5.71. The molecule has 4 aliphatic carbocycles. The third-order valence-electron chi connectivity index (χ3n) is 8.94. The molecule has 0 bridgehead atoms. The molecular weight excluding hydrogens is 288 g/mol. The monoisotopic (exact) mass is 320 g/mol. The number of hydrogen-bond acceptors (Lipinski definition) is 2. The van der Waals surface area contributed by atoms with Crippen LogP contribution in [0.2, 0.25) is 0 Å². The molecule has 0 amide bonds. The maximum atomic E-state index is 11.7. The van der Waals surface area contributed by atoms with Crippen molar-refractivity contribution in [3.8, 4) is 0 Å². The van der Waals surface area contributed by atoms with Crippen LogP contribution in [0, 0.1) is 40.4 Å². The van der Waals surface area contributed by atoms with Crippen LogP contribution in [-0.4, -0.2) is 22.3 Å². The summed E-state index contributed by atoms with van der Waals surface area (Å²) in [6, 6.07) is 0. The van der Waals surface area contributed by atoms with E-state index in [0.717, 1.165) is 43.9 Å². The molecule has 4 saturated carbocycles. The Kier molecular flexibility index (Phi) is 3.61. The fraction of sp³-hybridized carbons (Fsp3) is 0.950. The molecule has 0 aliphatic heterocycles. The SMILES string of the molecule is C[C@@]12CC[C@H]3[C@@H](CC[C@H]4C[C@H](O)CC[C@]43C)[C@H]1CC[C@@H]2C(=O)O. The van der Waals surface area contributed by atoms with Crippen molar-refractivity contribution in [2.75, 3.05) is 0 Å². The summed E-state index contributed by atoms with van der Waals surface area (Å²) in [6.07, 6.45) is 9.90. The van der Waals surface area contributed by atoms with Crippen LogP contribution in [0.4, 0.5) is 0 Å². The Morgan fingerprint density at radius 3 is 2.35 bits per heavy atom. The second kappa shape index (κ2) is 5.21. The zero-order chi connectivity index (χ0) is 16.4. The van der Waals surface area contributed by atoms with Gasteiger partial charge in [-0.15, -0.1) is 0 Å². The van der Waals surface area contributed by atoms with E-state index in [4.69, 9.17) is 0 Å². The van der Waals surface area contributed by atoms with Gasteiger partial charge in [-0.05, 0) is 92.3 Å². The molecule has 0 unspecified atom stereocenters. The van der Waals surface area contributed by atoms with Crippen LogP contribution in [0.15, 0.2) is 0 Å². The van der Waals surface area contributed by atoms with Crippen LogP contribution in [0.3, 0.4) is 0 Å². The largest absolute Gasteiger partial charge is 0.481 e. The normalized spacial score (nSPS) is 55.6. The fourth-order valence-corrected chi connectivity index (χ4v) is 7.64. The van der Waals surface area contributed by atoms with Crippen LogP contribution in [0.5, 0.6) is 0 Å². The Hall–Kier alpha value is -0.570. The zero-order valence-corrected chi connectivity index (χ0v) is 14.6. The predicted octanol–water partition coefficient (Wildman–Crippen LogP) is 4.09. The van der Waals surface area contributed by atoms with E-state index in [-0.39, 0.29) is 17.4 Å². The molecule has 3 nitrogen and oxygen atoms in total. The van der Waals surface area contributed by atoms with E-state index in [2.05, 4.69) is 13.8 Å². The van der Waals surface area contributed by atoms with E-state index in [0.29, 0.717) is 17.3 Å². The highest BCUT2D eigenvalue weighted by Crippen LogP contribution is 2.67. The molecule has 0 spiro atoms. The summed E-state index contributed by atoms with van der Waals surface area (Å²) >= 11 is 0. The first kappa shape index (κ1) is 15.9. The van der Waals surface area contributed by atoms with Crippen molar-refractivity contribution < 1.29 is 15.0 Å². The third kappa shape index (κ3) is 2.14. The summed E-state index contributed by atoms with van der Waals surface area (Å²) in [5.74, 6) is 2.12.